The maximum atomic E-state index is 11.1. The van der Waals surface area contributed by atoms with Crippen LogP contribution in [0, 0.1) is 0 Å². The molecule has 0 amide bonds. The number of carbonyl (C=O) groups is 1. The molecule has 0 spiro atoms. The Kier molecular flexibility index (Phi) is 4.25. The van der Waals surface area contributed by atoms with E-state index in [1.165, 1.54) is 5.56 Å². The van der Waals surface area contributed by atoms with E-state index in [1.54, 1.807) is 12.1 Å². The minimum Gasteiger partial charge on any atom is -0.478 e. The van der Waals surface area contributed by atoms with Crippen LogP contribution in [0.1, 0.15) is 40.7 Å². The molecule has 1 saturated heterocycles. The van der Waals surface area contributed by atoms with Gasteiger partial charge in [0.15, 0.2) is 0 Å². The molecule has 0 aromatic heterocycles. The van der Waals surface area contributed by atoms with E-state index < -0.39 is 5.97 Å². The van der Waals surface area contributed by atoms with Crippen LogP contribution in [-0.2, 0) is 6.54 Å². The maximum absolute atomic E-state index is 11.1. The maximum Gasteiger partial charge on any atom is 0.335 e. The molecule has 114 valence electrons. The van der Waals surface area contributed by atoms with Gasteiger partial charge in [-0.3, -0.25) is 4.90 Å². The summed E-state index contributed by atoms with van der Waals surface area (Å²) in [6.07, 6.45) is 1.16. The second-order valence-electron chi connectivity index (χ2n) is 6.13. The summed E-state index contributed by atoms with van der Waals surface area (Å²) in [7, 11) is 0. The smallest absolute Gasteiger partial charge is 0.335 e. The van der Waals surface area contributed by atoms with Gasteiger partial charge in [-0.2, -0.15) is 0 Å². The number of rotatable bonds is 4. The Bertz CT molecular complexity index is 653. The Balaban J connectivity index is 1.71. The number of aromatic carboxylic acids is 1. The van der Waals surface area contributed by atoms with Crippen molar-refractivity contribution in [1.82, 2.24) is 4.90 Å². The zero-order chi connectivity index (χ0) is 15.5. The highest BCUT2D eigenvalue weighted by Crippen LogP contribution is 2.32. The summed E-state index contributed by atoms with van der Waals surface area (Å²) in [5.74, 6) is -0.294. The van der Waals surface area contributed by atoms with Crippen molar-refractivity contribution in [2.75, 3.05) is 6.54 Å². The Morgan fingerprint density at radius 2 is 1.95 bits per heavy atom. The summed E-state index contributed by atoms with van der Waals surface area (Å²) < 4.78 is 0. The topological polar surface area (TPSA) is 40.5 Å². The predicted octanol–water partition coefficient (Wildman–Crippen LogP) is 3.76. The minimum atomic E-state index is -0.863. The van der Waals surface area contributed by atoms with Crippen LogP contribution in [0.2, 0.25) is 0 Å². The van der Waals surface area contributed by atoms with Gasteiger partial charge in [0.1, 0.15) is 0 Å². The largest absolute Gasteiger partial charge is 0.478 e. The van der Waals surface area contributed by atoms with Crippen molar-refractivity contribution in [1.29, 1.82) is 0 Å². The molecule has 1 heterocycles. The Morgan fingerprint density at radius 3 is 2.68 bits per heavy atom. The van der Waals surface area contributed by atoms with E-state index in [0.29, 0.717) is 17.5 Å². The lowest BCUT2D eigenvalue weighted by molar-refractivity contribution is 0.0696. The fourth-order valence-electron chi connectivity index (χ4n) is 3.32. The zero-order valence-corrected chi connectivity index (χ0v) is 12.8. The molecule has 0 bridgehead atoms. The number of hydrogen-bond donors (Lipinski definition) is 1. The number of likely N-dealkylation sites (tertiary alicyclic amines) is 1. The summed E-state index contributed by atoms with van der Waals surface area (Å²) in [6.45, 7) is 4.10. The Labute approximate surface area is 131 Å². The number of carboxylic acids is 1. The van der Waals surface area contributed by atoms with Crippen molar-refractivity contribution in [2.24, 2.45) is 0 Å². The molecule has 2 unspecified atom stereocenters. The van der Waals surface area contributed by atoms with E-state index in [4.69, 9.17) is 5.11 Å². The second-order valence-corrected chi connectivity index (χ2v) is 6.13. The van der Waals surface area contributed by atoms with Gasteiger partial charge in [-0.1, -0.05) is 42.5 Å². The SMILES string of the molecule is CC1CC(c2ccccc2)CN1Cc1cccc(C(=O)O)c1. The summed E-state index contributed by atoms with van der Waals surface area (Å²) in [4.78, 5) is 13.5. The highest BCUT2D eigenvalue weighted by atomic mass is 16.4. The van der Waals surface area contributed by atoms with Crippen LogP contribution in [0.15, 0.2) is 54.6 Å². The van der Waals surface area contributed by atoms with Crippen molar-refractivity contribution >= 4 is 5.97 Å². The number of carboxylic acid groups (broad SMARTS) is 1. The van der Waals surface area contributed by atoms with Crippen molar-refractivity contribution in [3.8, 4) is 0 Å². The molecule has 3 heteroatoms. The first-order valence-electron chi connectivity index (χ1n) is 7.74. The van der Waals surface area contributed by atoms with Gasteiger partial charge < -0.3 is 5.11 Å². The number of benzene rings is 2. The first kappa shape index (κ1) is 14.8. The summed E-state index contributed by atoms with van der Waals surface area (Å²) >= 11 is 0. The summed E-state index contributed by atoms with van der Waals surface area (Å²) in [5.41, 5.74) is 2.83. The molecule has 0 saturated carbocycles. The second kappa shape index (κ2) is 6.32. The fourth-order valence-corrected chi connectivity index (χ4v) is 3.32. The molecule has 2 aromatic carbocycles. The molecule has 1 aliphatic rings. The molecule has 0 aliphatic carbocycles. The first-order valence-corrected chi connectivity index (χ1v) is 7.74. The van der Waals surface area contributed by atoms with E-state index in [1.807, 2.05) is 12.1 Å². The van der Waals surface area contributed by atoms with Gasteiger partial charge in [-0.15, -0.1) is 0 Å². The van der Waals surface area contributed by atoms with Crippen molar-refractivity contribution < 1.29 is 9.90 Å². The highest BCUT2D eigenvalue weighted by Gasteiger charge is 2.29. The number of nitrogens with zero attached hydrogens (tertiary/aromatic N) is 1. The summed E-state index contributed by atoms with van der Waals surface area (Å²) in [5, 5.41) is 9.10. The van der Waals surface area contributed by atoms with Crippen LogP contribution in [0.5, 0.6) is 0 Å². The van der Waals surface area contributed by atoms with Crippen LogP contribution in [0.25, 0.3) is 0 Å². The van der Waals surface area contributed by atoms with Gasteiger partial charge in [0.05, 0.1) is 5.56 Å². The third kappa shape index (κ3) is 3.20. The van der Waals surface area contributed by atoms with E-state index in [-0.39, 0.29) is 0 Å². The monoisotopic (exact) mass is 295 g/mol. The third-order valence-electron chi connectivity index (χ3n) is 4.53. The Hall–Kier alpha value is -2.13. The van der Waals surface area contributed by atoms with Gasteiger partial charge in [0, 0.05) is 19.1 Å². The van der Waals surface area contributed by atoms with Gasteiger partial charge in [-0.05, 0) is 42.5 Å². The normalized spacial score (nSPS) is 21.9. The van der Waals surface area contributed by atoms with E-state index in [2.05, 4.69) is 42.2 Å². The van der Waals surface area contributed by atoms with Crippen LogP contribution in [0.4, 0.5) is 0 Å². The summed E-state index contributed by atoms with van der Waals surface area (Å²) in [6, 6.07) is 18.4. The average Bonchev–Trinajstić information content (AvgIpc) is 2.89. The van der Waals surface area contributed by atoms with Gasteiger partial charge in [-0.25, -0.2) is 4.79 Å². The van der Waals surface area contributed by atoms with Crippen LogP contribution in [0.3, 0.4) is 0 Å². The van der Waals surface area contributed by atoms with Crippen molar-refractivity contribution in [3.63, 3.8) is 0 Å². The molecule has 2 atom stereocenters. The molecule has 3 nitrogen and oxygen atoms in total. The molecule has 3 rings (SSSR count). The highest BCUT2D eigenvalue weighted by molar-refractivity contribution is 5.87. The van der Waals surface area contributed by atoms with Crippen LogP contribution < -0.4 is 0 Å². The van der Waals surface area contributed by atoms with Crippen molar-refractivity contribution in [2.45, 2.75) is 31.8 Å². The molecular weight excluding hydrogens is 274 g/mol. The lowest BCUT2D eigenvalue weighted by Crippen LogP contribution is -2.26. The van der Waals surface area contributed by atoms with E-state index in [9.17, 15) is 4.79 Å². The van der Waals surface area contributed by atoms with Crippen LogP contribution in [-0.4, -0.2) is 28.6 Å². The Morgan fingerprint density at radius 1 is 1.18 bits per heavy atom. The third-order valence-corrected chi connectivity index (χ3v) is 4.53. The molecule has 1 N–H and O–H groups in total. The quantitative estimate of drug-likeness (QED) is 0.933. The lowest BCUT2D eigenvalue weighted by atomic mass is 9.97. The molecule has 1 aliphatic heterocycles. The fraction of sp³-hybridized carbons (Fsp3) is 0.316. The molecule has 0 radical (unpaired) electrons. The molecule has 22 heavy (non-hydrogen) atoms. The first-order chi connectivity index (χ1) is 10.6. The molecule has 1 fully saturated rings. The number of hydrogen-bond acceptors (Lipinski definition) is 2. The van der Waals surface area contributed by atoms with E-state index >= 15 is 0 Å². The standard InChI is InChI=1S/C19H21NO2/c1-14-10-18(16-7-3-2-4-8-16)13-20(14)12-15-6-5-9-17(11-15)19(21)22/h2-9,11,14,18H,10,12-13H2,1H3,(H,21,22). The molecule has 2 aromatic rings. The zero-order valence-electron chi connectivity index (χ0n) is 12.8. The van der Waals surface area contributed by atoms with Gasteiger partial charge in [0.25, 0.3) is 0 Å². The lowest BCUT2D eigenvalue weighted by Gasteiger charge is -2.21. The van der Waals surface area contributed by atoms with E-state index in [0.717, 1.165) is 25.1 Å². The minimum absolute atomic E-state index is 0.365. The van der Waals surface area contributed by atoms with Crippen LogP contribution >= 0.6 is 0 Å². The van der Waals surface area contributed by atoms with Gasteiger partial charge in [0.2, 0.25) is 0 Å². The predicted molar refractivity (Wildman–Crippen MR) is 87.1 cm³/mol. The average molecular weight is 295 g/mol. The van der Waals surface area contributed by atoms with Crippen molar-refractivity contribution in [3.05, 3.63) is 71.3 Å². The molecular formula is C19H21NO2. The van der Waals surface area contributed by atoms with Gasteiger partial charge >= 0.3 is 5.97 Å².